The van der Waals surface area contributed by atoms with Crippen molar-refractivity contribution in [2.75, 3.05) is 39.5 Å². The Morgan fingerprint density at radius 1 is 1.11 bits per heavy atom. The molecular weight excluding hydrogens is 342 g/mol. The Balaban J connectivity index is 1.38. The minimum Gasteiger partial charge on any atom is -0.494 e. The molecule has 1 aliphatic rings. The van der Waals surface area contributed by atoms with E-state index >= 15 is 0 Å². The van der Waals surface area contributed by atoms with Crippen LogP contribution in [0.1, 0.15) is 18.6 Å². The molecule has 1 aromatic heterocycles. The molecule has 0 spiro atoms. The van der Waals surface area contributed by atoms with Crippen molar-refractivity contribution in [2.24, 2.45) is 10.9 Å². The molecule has 2 aromatic rings. The molecule has 1 atom stereocenters. The van der Waals surface area contributed by atoms with Crippen molar-refractivity contribution in [3.05, 3.63) is 54.5 Å². The van der Waals surface area contributed by atoms with Gasteiger partial charge in [-0.2, -0.15) is 0 Å². The summed E-state index contributed by atoms with van der Waals surface area (Å²) >= 11 is 0. The monoisotopic (exact) mass is 371 g/mol. The largest absolute Gasteiger partial charge is 0.494 e. The third-order valence-electron chi connectivity index (χ3n) is 4.40. The van der Waals surface area contributed by atoms with Crippen LogP contribution in [0.15, 0.2) is 58.1 Å². The molecule has 6 heteroatoms. The number of hydrogen-bond donors (Lipinski definition) is 2. The summed E-state index contributed by atoms with van der Waals surface area (Å²) in [6.07, 6.45) is 4.53. The van der Waals surface area contributed by atoms with Gasteiger partial charge >= 0.3 is 0 Å². The quantitative estimate of drug-likeness (QED) is 0.382. The van der Waals surface area contributed by atoms with E-state index in [4.69, 9.17) is 18.9 Å². The Bertz CT molecular complexity index is 653. The lowest BCUT2D eigenvalue weighted by Crippen LogP contribution is -2.39. The molecule has 27 heavy (non-hydrogen) atoms. The van der Waals surface area contributed by atoms with Crippen LogP contribution in [-0.2, 0) is 11.2 Å². The summed E-state index contributed by atoms with van der Waals surface area (Å²) in [4.78, 5) is 4.72. The number of aliphatic imine (C=N–C) groups is 1. The van der Waals surface area contributed by atoms with Gasteiger partial charge in [-0.1, -0.05) is 18.2 Å². The van der Waals surface area contributed by atoms with Gasteiger partial charge in [0.25, 0.3) is 0 Å². The molecule has 1 fully saturated rings. The number of benzene rings is 1. The second-order valence-corrected chi connectivity index (χ2v) is 6.62. The van der Waals surface area contributed by atoms with Gasteiger partial charge in [-0.25, -0.2) is 0 Å². The summed E-state index contributed by atoms with van der Waals surface area (Å²) in [6, 6.07) is 13.8. The van der Waals surface area contributed by atoms with Crippen LogP contribution < -0.4 is 15.4 Å². The minimum absolute atomic E-state index is 0.523. The third-order valence-corrected chi connectivity index (χ3v) is 4.40. The number of para-hydroxylation sites is 1. The van der Waals surface area contributed by atoms with Crippen molar-refractivity contribution in [1.82, 2.24) is 10.6 Å². The maximum absolute atomic E-state index is 5.73. The molecule has 2 N–H and O–H groups in total. The van der Waals surface area contributed by atoms with Crippen LogP contribution in [0.25, 0.3) is 0 Å². The van der Waals surface area contributed by atoms with Crippen molar-refractivity contribution in [1.29, 1.82) is 0 Å². The average Bonchev–Trinajstić information content (AvgIpc) is 3.40. The summed E-state index contributed by atoms with van der Waals surface area (Å²) in [5, 5.41) is 6.79. The second kappa shape index (κ2) is 11.3. The van der Waals surface area contributed by atoms with E-state index in [0.29, 0.717) is 12.5 Å². The van der Waals surface area contributed by atoms with Gasteiger partial charge in [-0.05, 0) is 37.1 Å². The number of ether oxygens (including phenoxy) is 2. The van der Waals surface area contributed by atoms with E-state index in [9.17, 15) is 0 Å². The molecule has 0 radical (unpaired) electrons. The Kier molecular flexibility index (Phi) is 8.07. The van der Waals surface area contributed by atoms with Crippen molar-refractivity contribution >= 4 is 5.96 Å². The first kappa shape index (κ1) is 19.3. The highest BCUT2D eigenvalue weighted by Crippen LogP contribution is 2.12. The molecule has 0 amide bonds. The number of nitrogens with zero attached hydrogens (tertiary/aromatic N) is 1. The van der Waals surface area contributed by atoms with E-state index in [1.165, 1.54) is 0 Å². The summed E-state index contributed by atoms with van der Waals surface area (Å²) in [7, 11) is 0. The maximum atomic E-state index is 5.73. The zero-order valence-corrected chi connectivity index (χ0v) is 15.7. The van der Waals surface area contributed by atoms with Gasteiger partial charge in [0, 0.05) is 38.6 Å². The lowest BCUT2D eigenvalue weighted by Gasteiger charge is -2.14. The van der Waals surface area contributed by atoms with Crippen LogP contribution in [0, 0.1) is 5.92 Å². The Hall–Kier alpha value is -2.47. The van der Waals surface area contributed by atoms with Crippen molar-refractivity contribution in [3.8, 4) is 5.75 Å². The average molecular weight is 371 g/mol. The summed E-state index contributed by atoms with van der Waals surface area (Å²) < 4.78 is 16.5. The van der Waals surface area contributed by atoms with E-state index < -0.39 is 0 Å². The van der Waals surface area contributed by atoms with Gasteiger partial charge in [-0.15, -0.1) is 0 Å². The molecule has 3 rings (SSSR count). The van der Waals surface area contributed by atoms with Crippen LogP contribution in [-0.4, -0.2) is 45.4 Å². The zero-order chi connectivity index (χ0) is 18.6. The van der Waals surface area contributed by atoms with Crippen molar-refractivity contribution in [2.45, 2.75) is 19.3 Å². The summed E-state index contributed by atoms with van der Waals surface area (Å²) in [6.45, 7) is 4.71. The van der Waals surface area contributed by atoms with Gasteiger partial charge < -0.3 is 24.5 Å². The first-order chi connectivity index (χ1) is 13.4. The Morgan fingerprint density at radius 2 is 2.00 bits per heavy atom. The van der Waals surface area contributed by atoms with Crippen LogP contribution in [0.5, 0.6) is 5.75 Å². The molecule has 0 saturated carbocycles. The fourth-order valence-electron chi connectivity index (χ4n) is 2.87. The van der Waals surface area contributed by atoms with Crippen LogP contribution in [0.2, 0.25) is 0 Å². The highest BCUT2D eigenvalue weighted by molar-refractivity contribution is 5.79. The predicted molar refractivity (Wildman–Crippen MR) is 106 cm³/mol. The number of rotatable bonds is 10. The lowest BCUT2D eigenvalue weighted by atomic mass is 10.1. The Morgan fingerprint density at radius 3 is 2.78 bits per heavy atom. The number of nitrogens with one attached hydrogen (secondary N) is 2. The van der Waals surface area contributed by atoms with Gasteiger partial charge in [0.15, 0.2) is 5.96 Å². The molecule has 146 valence electrons. The molecular formula is C21H29N3O3. The van der Waals surface area contributed by atoms with E-state index in [1.807, 2.05) is 42.5 Å². The first-order valence-electron chi connectivity index (χ1n) is 9.70. The highest BCUT2D eigenvalue weighted by atomic mass is 16.5. The molecule has 1 aliphatic heterocycles. The van der Waals surface area contributed by atoms with Crippen LogP contribution in [0.4, 0.5) is 0 Å². The zero-order valence-electron chi connectivity index (χ0n) is 15.7. The van der Waals surface area contributed by atoms with E-state index in [-0.39, 0.29) is 0 Å². The minimum atomic E-state index is 0.523. The van der Waals surface area contributed by atoms with E-state index in [1.54, 1.807) is 6.26 Å². The van der Waals surface area contributed by atoms with Gasteiger partial charge in [0.2, 0.25) is 0 Å². The summed E-state index contributed by atoms with van der Waals surface area (Å²) in [5.74, 6) is 3.25. The first-order valence-corrected chi connectivity index (χ1v) is 9.70. The van der Waals surface area contributed by atoms with Crippen LogP contribution in [0.3, 0.4) is 0 Å². The van der Waals surface area contributed by atoms with E-state index in [2.05, 4.69) is 10.6 Å². The molecule has 0 bridgehead atoms. The van der Waals surface area contributed by atoms with E-state index in [0.717, 1.165) is 69.6 Å². The molecule has 1 saturated heterocycles. The topological polar surface area (TPSA) is 68.0 Å². The standard InChI is InChI=1S/C21H29N3O3/c1-2-6-19(7-3-1)27-14-5-11-22-21(24-16-18-10-15-25-17-18)23-12-9-20-8-4-13-26-20/h1-4,6-8,13,18H,5,9-12,14-17H2,(H2,22,23,24). The third kappa shape index (κ3) is 7.35. The summed E-state index contributed by atoms with van der Waals surface area (Å²) in [5.41, 5.74) is 0. The smallest absolute Gasteiger partial charge is 0.191 e. The number of furan rings is 1. The predicted octanol–water partition coefficient (Wildman–Crippen LogP) is 2.86. The van der Waals surface area contributed by atoms with Gasteiger partial charge in [0.1, 0.15) is 11.5 Å². The molecule has 0 aliphatic carbocycles. The number of hydrogen-bond acceptors (Lipinski definition) is 4. The second-order valence-electron chi connectivity index (χ2n) is 6.62. The van der Waals surface area contributed by atoms with Crippen LogP contribution >= 0.6 is 0 Å². The van der Waals surface area contributed by atoms with Gasteiger partial charge in [0.05, 0.1) is 19.5 Å². The Labute approximate surface area is 161 Å². The fourth-order valence-corrected chi connectivity index (χ4v) is 2.87. The van der Waals surface area contributed by atoms with Gasteiger partial charge in [-0.3, -0.25) is 4.99 Å². The highest BCUT2D eigenvalue weighted by Gasteiger charge is 2.15. The number of guanidine groups is 1. The van der Waals surface area contributed by atoms with Crippen molar-refractivity contribution < 1.29 is 13.9 Å². The normalized spacial score (nSPS) is 17.0. The molecule has 2 heterocycles. The molecule has 1 aromatic carbocycles. The lowest BCUT2D eigenvalue weighted by molar-refractivity contribution is 0.187. The van der Waals surface area contributed by atoms with Crippen molar-refractivity contribution in [3.63, 3.8) is 0 Å². The fraction of sp³-hybridized carbons (Fsp3) is 0.476. The molecule has 6 nitrogen and oxygen atoms in total. The SMILES string of the molecule is c1ccc(OCCCNC(=NCC2CCOC2)NCCc2ccco2)cc1. The molecule has 1 unspecified atom stereocenters. The maximum Gasteiger partial charge on any atom is 0.191 e.